The van der Waals surface area contributed by atoms with Crippen molar-refractivity contribution < 1.29 is 24.0 Å². The molecule has 8 nitrogen and oxygen atoms in total. The van der Waals surface area contributed by atoms with Crippen molar-refractivity contribution >= 4 is 62.2 Å². The van der Waals surface area contributed by atoms with E-state index in [2.05, 4.69) is 15.9 Å². The van der Waals surface area contributed by atoms with E-state index < -0.39 is 10.8 Å². The molecule has 184 valence electrons. The Labute approximate surface area is 224 Å². The fourth-order valence-corrected chi connectivity index (χ4v) is 4.88. The predicted octanol–water partition coefficient (Wildman–Crippen LogP) is 6.83. The maximum Gasteiger partial charge on any atom is 0.293 e. The first kappa shape index (κ1) is 25.7. The summed E-state index contributed by atoms with van der Waals surface area (Å²) in [6, 6.07) is 16.5. The molecule has 1 saturated heterocycles. The Morgan fingerprint density at radius 2 is 1.83 bits per heavy atom. The van der Waals surface area contributed by atoms with Crippen molar-refractivity contribution in [3.8, 4) is 11.5 Å². The first-order valence-corrected chi connectivity index (χ1v) is 12.5. The molecular formula is C25H18BrClN2O6S. The van der Waals surface area contributed by atoms with Crippen molar-refractivity contribution in [3.63, 3.8) is 0 Å². The minimum Gasteiger partial charge on any atom is -0.493 e. The molecule has 1 aliphatic heterocycles. The number of rotatable bonds is 8. The van der Waals surface area contributed by atoms with Crippen LogP contribution >= 0.6 is 39.3 Å². The van der Waals surface area contributed by atoms with Crippen molar-refractivity contribution in [2.75, 3.05) is 7.11 Å². The summed E-state index contributed by atoms with van der Waals surface area (Å²) >= 11 is 10.4. The summed E-state index contributed by atoms with van der Waals surface area (Å²) in [7, 11) is 1.49. The minimum absolute atomic E-state index is 0.000378. The highest BCUT2D eigenvalue weighted by molar-refractivity contribution is 9.10. The van der Waals surface area contributed by atoms with Gasteiger partial charge in [0.25, 0.3) is 16.8 Å². The van der Waals surface area contributed by atoms with E-state index in [4.69, 9.17) is 21.1 Å². The maximum atomic E-state index is 12.9. The third kappa shape index (κ3) is 5.89. The molecule has 0 saturated carbocycles. The Kier molecular flexibility index (Phi) is 7.97. The number of non-ortho nitro benzene ring substituents is 1. The normalized spacial score (nSPS) is 14.4. The van der Waals surface area contributed by atoms with Crippen LogP contribution in [-0.4, -0.2) is 28.1 Å². The van der Waals surface area contributed by atoms with Crippen LogP contribution in [0.3, 0.4) is 0 Å². The predicted molar refractivity (Wildman–Crippen MR) is 141 cm³/mol. The number of carbonyl (C=O) groups is 2. The summed E-state index contributed by atoms with van der Waals surface area (Å²) in [5.74, 6) is 0.466. The number of nitrogens with zero attached hydrogens (tertiary/aromatic N) is 2. The van der Waals surface area contributed by atoms with Crippen LogP contribution in [0, 0.1) is 10.1 Å². The molecule has 1 fully saturated rings. The second-order valence-corrected chi connectivity index (χ2v) is 9.92. The maximum absolute atomic E-state index is 12.9. The number of amides is 2. The molecule has 0 bridgehead atoms. The average Bonchev–Trinajstić information content (AvgIpc) is 3.11. The van der Waals surface area contributed by atoms with Gasteiger partial charge in [-0.1, -0.05) is 39.7 Å². The average molecular weight is 590 g/mol. The number of imide groups is 1. The molecule has 3 aromatic rings. The molecule has 36 heavy (non-hydrogen) atoms. The Hall–Kier alpha value is -3.34. The van der Waals surface area contributed by atoms with Gasteiger partial charge in [0.2, 0.25) is 0 Å². The minimum atomic E-state index is -0.463. The third-order valence-corrected chi connectivity index (χ3v) is 7.04. The van der Waals surface area contributed by atoms with Gasteiger partial charge in [-0.25, -0.2) is 0 Å². The summed E-state index contributed by atoms with van der Waals surface area (Å²) < 4.78 is 11.9. The van der Waals surface area contributed by atoms with E-state index in [-0.39, 0.29) is 29.0 Å². The van der Waals surface area contributed by atoms with Crippen LogP contribution in [0.4, 0.5) is 10.5 Å². The third-order valence-electron chi connectivity index (χ3n) is 5.21. The van der Waals surface area contributed by atoms with E-state index in [0.29, 0.717) is 26.6 Å². The van der Waals surface area contributed by atoms with Crippen molar-refractivity contribution in [2.24, 2.45) is 0 Å². The second-order valence-electron chi connectivity index (χ2n) is 7.63. The van der Waals surface area contributed by atoms with Crippen LogP contribution in [0.5, 0.6) is 11.5 Å². The number of nitro benzene ring substituents is 1. The number of methoxy groups -OCH3 is 1. The highest BCUT2D eigenvalue weighted by Gasteiger charge is 2.35. The van der Waals surface area contributed by atoms with Crippen LogP contribution in [-0.2, 0) is 17.9 Å². The number of ether oxygens (including phenoxy) is 2. The van der Waals surface area contributed by atoms with E-state index in [1.54, 1.807) is 54.6 Å². The highest BCUT2D eigenvalue weighted by atomic mass is 79.9. The molecule has 2 amide bonds. The molecular weight excluding hydrogens is 572 g/mol. The Bertz CT molecular complexity index is 1380. The van der Waals surface area contributed by atoms with E-state index in [9.17, 15) is 19.7 Å². The fraction of sp³-hybridized carbons (Fsp3) is 0.120. The zero-order valence-corrected chi connectivity index (χ0v) is 21.9. The van der Waals surface area contributed by atoms with Crippen LogP contribution in [0.2, 0.25) is 5.02 Å². The lowest BCUT2D eigenvalue weighted by Gasteiger charge is -2.13. The second kappa shape index (κ2) is 11.2. The van der Waals surface area contributed by atoms with E-state index in [1.807, 2.05) is 0 Å². The lowest BCUT2D eigenvalue weighted by atomic mass is 10.1. The van der Waals surface area contributed by atoms with Crippen molar-refractivity contribution in [1.29, 1.82) is 0 Å². The quantitative estimate of drug-likeness (QED) is 0.161. The van der Waals surface area contributed by atoms with E-state index in [0.717, 1.165) is 22.9 Å². The van der Waals surface area contributed by atoms with Crippen molar-refractivity contribution in [1.82, 2.24) is 4.90 Å². The van der Waals surface area contributed by atoms with Crippen molar-refractivity contribution in [2.45, 2.75) is 13.2 Å². The van der Waals surface area contributed by atoms with Crippen LogP contribution in [0.25, 0.3) is 6.08 Å². The zero-order valence-electron chi connectivity index (χ0n) is 18.8. The van der Waals surface area contributed by atoms with E-state index >= 15 is 0 Å². The summed E-state index contributed by atoms with van der Waals surface area (Å²) in [5.41, 5.74) is 2.13. The van der Waals surface area contributed by atoms with Gasteiger partial charge >= 0.3 is 0 Å². The fourth-order valence-electron chi connectivity index (χ4n) is 3.40. The molecule has 0 atom stereocenters. The molecule has 1 heterocycles. The van der Waals surface area contributed by atoms with Gasteiger partial charge in [0.15, 0.2) is 11.5 Å². The Morgan fingerprint density at radius 3 is 2.50 bits per heavy atom. The number of carbonyl (C=O) groups excluding carboxylic acids is 2. The molecule has 0 unspecified atom stereocenters. The van der Waals surface area contributed by atoms with Crippen LogP contribution in [0.1, 0.15) is 16.7 Å². The monoisotopic (exact) mass is 588 g/mol. The largest absolute Gasteiger partial charge is 0.493 e. The molecule has 0 aromatic heterocycles. The van der Waals surface area contributed by atoms with Crippen LogP contribution in [0.15, 0.2) is 70.0 Å². The van der Waals surface area contributed by atoms with Gasteiger partial charge < -0.3 is 9.47 Å². The number of hydrogen-bond acceptors (Lipinski definition) is 7. The van der Waals surface area contributed by atoms with Gasteiger partial charge in [-0.2, -0.15) is 0 Å². The molecule has 0 aliphatic carbocycles. The summed E-state index contributed by atoms with van der Waals surface area (Å²) in [5, 5.41) is 11.0. The van der Waals surface area contributed by atoms with Gasteiger partial charge in [0.05, 0.1) is 23.5 Å². The smallest absolute Gasteiger partial charge is 0.293 e. The standard InChI is InChI=1S/C25H18BrClN2O6S/c1-34-21-10-17(20(26)12-22(21)35-14-15-5-7-19(8-6-15)29(32)33)11-23-24(30)28(25(31)36-23)13-16-3-2-4-18(27)9-16/h2-12H,13-14H2,1H3/b23-11-. The van der Waals surface area contributed by atoms with Gasteiger partial charge in [-0.05, 0) is 70.9 Å². The first-order valence-electron chi connectivity index (χ1n) is 10.5. The lowest BCUT2D eigenvalue weighted by molar-refractivity contribution is -0.384. The number of nitro groups is 1. The molecule has 3 aromatic carbocycles. The SMILES string of the molecule is COc1cc(/C=C2\SC(=O)N(Cc3cccc(Cl)c3)C2=O)c(Br)cc1OCc1ccc([N+](=O)[O-])cc1. The Balaban J connectivity index is 1.51. The number of hydrogen-bond donors (Lipinski definition) is 0. The van der Waals surface area contributed by atoms with E-state index in [1.165, 1.54) is 24.1 Å². The zero-order chi connectivity index (χ0) is 25.8. The number of halogens is 2. The van der Waals surface area contributed by atoms with Crippen LogP contribution < -0.4 is 9.47 Å². The number of benzene rings is 3. The van der Waals surface area contributed by atoms with Gasteiger partial charge in [-0.15, -0.1) is 0 Å². The molecule has 1 aliphatic rings. The molecule has 11 heteroatoms. The number of thioether (sulfide) groups is 1. The summed E-state index contributed by atoms with van der Waals surface area (Å²) in [6.45, 7) is 0.297. The highest BCUT2D eigenvalue weighted by Crippen LogP contribution is 2.38. The van der Waals surface area contributed by atoms with Gasteiger partial charge in [0.1, 0.15) is 6.61 Å². The lowest BCUT2D eigenvalue weighted by Crippen LogP contribution is -2.27. The molecule has 0 N–H and O–H groups in total. The Morgan fingerprint density at radius 1 is 1.08 bits per heavy atom. The molecule has 0 radical (unpaired) electrons. The van der Waals surface area contributed by atoms with Crippen molar-refractivity contribution in [3.05, 3.63) is 102 Å². The molecule has 0 spiro atoms. The van der Waals surface area contributed by atoms with Gasteiger partial charge in [-0.3, -0.25) is 24.6 Å². The first-order chi connectivity index (χ1) is 17.2. The topological polar surface area (TPSA) is 99.0 Å². The van der Waals surface area contributed by atoms with Gasteiger partial charge in [0, 0.05) is 21.6 Å². The summed E-state index contributed by atoms with van der Waals surface area (Å²) in [6.07, 6.45) is 1.62. The molecule has 4 rings (SSSR count). The summed E-state index contributed by atoms with van der Waals surface area (Å²) in [4.78, 5) is 37.3.